The van der Waals surface area contributed by atoms with Gasteiger partial charge in [-0.2, -0.15) is 0 Å². The van der Waals surface area contributed by atoms with Crippen molar-refractivity contribution in [3.63, 3.8) is 0 Å². The summed E-state index contributed by atoms with van der Waals surface area (Å²) in [6, 6.07) is 9.63. The number of anilines is 1. The molecule has 0 aromatic heterocycles. The van der Waals surface area contributed by atoms with Crippen molar-refractivity contribution in [3.8, 4) is 0 Å². The zero-order valence-corrected chi connectivity index (χ0v) is 21.4. The van der Waals surface area contributed by atoms with Crippen molar-refractivity contribution in [2.45, 2.75) is 47.0 Å². The fraction of sp³-hybridized carbons (Fsp3) is 0.304. The van der Waals surface area contributed by atoms with E-state index in [0.717, 1.165) is 0 Å². The van der Waals surface area contributed by atoms with Gasteiger partial charge in [-0.25, -0.2) is 23.1 Å². The van der Waals surface area contributed by atoms with E-state index in [1.807, 2.05) is 0 Å². The van der Waals surface area contributed by atoms with E-state index in [1.54, 1.807) is 44.2 Å². The number of aliphatic carboxylic acids is 1. The number of carbonyl (C=O) groups excluding carboxylic acids is 3. The molecule has 12 nitrogen and oxygen atoms in total. The highest BCUT2D eigenvalue weighted by molar-refractivity contribution is 8.01. The summed E-state index contributed by atoms with van der Waals surface area (Å²) in [7, 11) is -3.90. The van der Waals surface area contributed by atoms with Crippen LogP contribution in [-0.4, -0.2) is 64.4 Å². The minimum Gasteiger partial charge on any atom is -0.480 e. The maximum atomic E-state index is 13.3. The summed E-state index contributed by atoms with van der Waals surface area (Å²) in [6.45, 7) is 3.46. The summed E-state index contributed by atoms with van der Waals surface area (Å²) < 4.78 is 22.1. The van der Waals surface area contributed by atoms with Crippen LogP contribution < -0.4 is 21.1 Å². The first-order valence-corrected chi connectivity index (χ1v) is 13.5. The van der Waals surface area contributed by atoms with E-state index in [0.29, 0.717) is 5.56 Å². The van der Waals surface area contributed by atoms with Crippen LogP contribution in [0.1, 0.15) is 25.5 Å². The van der Waals surface area contributed by atoms with Crippen LogP contribution in [0.5, 0.6) is 0 Å². The van der Waals surface area contributed by atoms with Crippen LogP contribution in [0.2, 0.25) is 0 Å². The molecule has 4 atom stereocenters. The molecule has 2 aromatic carbocycles. The summed E-state index contributed by atoms with van der Waals surface area (Å²) >= 11 is 1.29. The van der Waals surface area contributed by atoms with Gasteiger partial charge in [-0.05, 0) is 43.7 Å². The average Bonchev–Trinajstić information content (AvgIpc) is 3.09. The molecule has 2 saturated heterocycles. The molecule has 0 spiro atoms. The molecule has 0 aliphatic carbocycles. The minimum atomic E-state index is -3.90. The molecule has 0 radical (unpaired) electrons. The molecule has 2 aliphatic heterocycles. The van der Waals surface area contributed by atoms with Crippen LogP contribution >= 0.6 is 11.8 Å². The first kappa shape index (κ1) is 26.4. The van der Waals surface area contributed by atoms with Gasteiger partial charge in [-0.1, -0.05) is 30.3 Å². The van der Waals surface area contributed by atoms with Gasteiger partial charge in [0, 0.05) is 10.4 Å². The van der Waals surface area contributed by atoms with E-state index in [1.165, 1.54) is 40.9 Å². The van der Waals surface area contributed by atoms with Crippen LogP contribution in [0.4, 0.5) is 10.5 Å². The number of thioether (sulfide) groups is 1. The molecule has 6 N–H and O–H groups in total. The average molecular weight is 548 g/mol. The first-order valence-electron chi connectivity index (χ1n) is 11.1. The van der Waals surface area contributed by atoms with Crippen molar-refractivity contribution < 1.29 is 32.7 Å². The number of carbonyl (C=O) groups is 4. The summed E-state index contributed by atoms with van der Waals surface area (Å²) in [5.41, 5.74) is 0.706. The fourth-order valence-electron chi connectivity index (χ4n) is 4.35. The number of carboxylic acid groups (broad SMARTS) is 1. The van der Waals surface area contributed by atoms with Gasteiger partial charge in [0.15, 0.2) is 0 Å². The summed E-state index contributed by atoms with van der Waals surface area (Å²) in [5.74, 6) is -2.27. The second-order valence-corrected chi connectivity index (χ2v) is 12.4. The normalized spacial score (nSPS) is 22.8. The molecular weight excluding hydrogens is 522 g/mol. The highest BCUT2D eigenvalue weighted by atomic mass is 32.2. The molecule has 4 amide bonds. The molecule has 0 saturated carbocycles. The van der Waals surface area contributed by atoms with Crippen LogP contribution in [0.3, 0.4) is 0 Å². The van der Waals surface area contributed by atoms with E-state index in [9.17, 15) is 32.7 Å². The lowest BCUT2D eigenvalue weighted by molar-refractivity contribution is -0.161. The fourth-order valence-corrected chi connectivity index (χ4v) is 6.49. The third-order valence-electron chi connectivity index (χ3n) is 6.08. The van der Waals surface area contributed by atoms with Crippen LogP contribution in [0.15, 0.2) is 59.5 Å². The number of benzene rings is 2. The SMILES string of the molecule is CC1(C)S[C@@H]2[C@H](NC(=O)[C@H](NC(=O)Nc3ccc(S(N)(=O)=O)cc3)c3ccccc3)C(=O)N2[C@H]1C(=O)O. The predicted molar refractivity (Wildman–Crippen MR) is 135 cm³/mol. The van der Waals surface area contributed by atoms with Gasteiger partial charge in [0.05, 0.1) is 4.90 Å². The molecule has 0 unspecified atom stereocenters. The largest absolute Gasteiger partial charge is 0.480 e. The Morgan fingerprint density at radius 2 is 1.70 bits per heavy atom. The highest BCUT2D eigenvalue weighted by Gasteiger charge is 2.64. The second-order valence-electron chi connectivity index (χ2n) is 9.10. The van der Waals surface area contributed by atoms with E-state index in [-0.39, 0.29) is 10.6 Å². The third kappa shape index (κ3) is 5.26. The van der Waals surface area contributed by atoms with Crippen molar-refractivity contribution in [1.29, 1.82) is 0 Å². The minimum absolute atomic E-state index is 0.127. The van der Waals surface area contributed by atoms with Crippen molar-refractivity contribution in [3.05, 3.63) is 60.2 Å². The van der Waals surface area contributed by atoms with E-state index >= 15 is 0 Å². The number of hydrogen-bond donors (Lipinski definition) is 5. The molecule has 4 rings (SSSR count). The Labute approximate surface area is 217 Å². The Balaban J connectivity index is 1.48. The summed E-state index contributed by atoms with van der Waals surface area (Å²) in [4.78, 5) is 51.6. The number of amides is 4. The van der Waals surface area contributed by atoms with Crippen LogP contribution in [0.25, 0.3) is 0 Å². The maximum absolute atomic E-state index is 13.3. The third-order valence-corrected chi connectivity index (χ3v) is 8.58. The lowest BCUT2D eigenvalue weighted by Gasteiger charge is -2.44. The first-order chi connectivity index (χ1) is 17.3. The van der Waals surface area contributed by atoms with Gasteiger partial charge in [0.1, 0.15) is 23.5 Å². The number of fused-ring (bicyclic) bond motifs is 1. The molecule has 2 aromatic rings. The second kappa shape index (κ2) is 9.68. The van der Waals surface area contributed by atoms with Crippen molar-refractivity contribution in [1.82, 2.24) is 15.5 Å². The number of β-lactam (4-membered cyclic amide) rings is 1. The maximum Gasteiger partial charge on any atom is 0.327 e. The number of carboxylic acids is 1. The van der Waals surface area contributed by atoms with E-state index < -0.39 is 62.1 Å². The molecule has 2 fully saturated rings. The predicted octanol–water partition coefficient (Wildman–Crippen LogP) is 0.829. The summed E-state index contributed by atoms with van der Waals surface area (Å²) in [5, 5.41) is 21.9. The van der Waals surface area contributed by atoms with Gasteiger partial charge in [-0.3, -0.25) is 9.59 Å². The number of urea groups is 1. The standard InChI is InChI=1S/C23H25N5O7S2/c1-23(2)17(21(31)32)28-19(30)16(20(28)36-23)26-18(29)15(12-6-4-3-5-7-12)27-22(33)25-13-8-10-14(11-9-13)37(24,34)35/h3-11,15-17,20H,1-2H3,(H,26,29)(H,31,32)(H2,24,34,35)(H2,25,27,33)/t15-,16-,17+,20-/m1/s1. The monoisotopic (exact) mass is 547 g/mol. The summed E-state index contributed by atoms with van der Waals surface area (Å²) in [6.07, 6.45) is 0. The Morgan fingerprint density at radius 1 is 1.08 bits per heavy atom. The molecule has 2 heterocycles. The molecular formula is C23H25N5O7S2. The van der Waals surface area contributed by atoms with Crippen molar-refractivity contribution >= 4 is 51.3 Å². The number of nitrogens with two attached hydrogens (primary N) is 1. The number of primary sulfonamides is 1. The number of sulfonamides is 1. The van der Waals surface area contributed by atoms with Crippen LogP contribution in [0, 0.1) is 0 Å². The Kier molecular flexibility index (Phi) is 6.92. The molecule has 196 valence electrons. The Bertz CT molecular complexity index is 1350. The van der Waals surface area contributed by atoms with Gasteiger partial charge in [-0.15, -0.1) is 11.8 Å². The Morgan fingerprint density at radius 3 is 2.27 bits per heavy atom. The van der Waals surface area contributed by atoms with Gasteiger partial charge < -0.3 is 26.0 Å². The number of nitrogens with one attached hydrogen (secondary N) is 3. The van der Waals surface area contributed by atoms with Crippen molar-refractivity contribution in [2.75, 3.05) is 5.32 Å². The van der Waals surface area contributed by atoms with E-state index in [2.05, 4.69) is 16.0 Å². The quantitative estimate of drug-likeness (QED) is 0.315. The molecule has 0 bridgehead atoms. The van der Waals surface area contributed by atoms with Crippen molar-refractivity contribution in [2.24, 2.45) is 5.14 Å². The molecule has 14 heteroatoms. The number of nitrogens with zero attached hydrogens (tertiary/aromatic N) is 1. The lowest BCUT2D eigenvalue weighted by atomic mass is 9.95. The lowest BCUT2D eigenvalue weighted by Crippen LogP contribution is -2.71. The van der Waals surface area contributed by atoms with Gasteiger partial charge in [0.2, 0.25) is 21.8 Å². The Hall–Kier alpha value is -3.62. The van der Waals surface area contributed by atoms with Gasteiger partial charge in [0.25, 0.3) is 0 Å². The number of hydrogen-bond acceptors (Lipinski definition) is 7. The molecule has 2 aliphatic rings. The van der Waals surface area contributed by atoms with Gasteiger partial charge >= 0.3 is 12.0 Å². The van der Waals surface area contributed by atoms with Crippen LogP contribution in [-0.2, 0) is 24.4 Å². The number of rotatable bonds is 7. The molecule has 37 heavy (non-hydrogen) atoms. The zero-order valence-electron chi connectivity index (χ0n) is 19.7. The highest BCUT2D eigenvalue weighted by Crippen LogP contribution is 2.50. The topological polar surface area (TPSA) is 188 Å². The smallest absolute Gasteiger partial charge is 0.327 e. The zero-order chi connectivity index (χ0) is 27.1. The van der Waals surface area contributed by atoms with E-state index in [4.69, 9.17) is 5.14 Å².